The van der Waals surface area contributed by atoms with Gasteiger partial charge in [0.1, 0.15) is 18.1 Å². The third-order valence-electron chi connectivity index (χ3n) is 9.64. The number of carbonyl (C=O) groups excluding carboxylic acids is 1. The lowest BCUT2D eigenvalue weighted by Crippen LogP contribution is -2.36. The summed E-state index contributed by atoms with van der Waals surface area (Å²) in [5, 5.41) is 3.18. The number of methoxy groups -OCH3 is 1. The van der Waals surface area contributed by atoms with Crippen molar-refractivity contribution in [1.82, 2.24) is 4.90 Å². The number of hydrogen-bond acceptors (Lipinski definition) is 7. The summed E-state index contributed by atoms with van der Waals surface area (Å²) >= 11 is 0. The van der Waals surface area contributed by atoms with Crippen LogP contribution in [-0.4, -0.2) is 70.6 Å². The van der Waals surface area contributed by atoms with Crippen LogP contribution in [0.3, 0.4) is 0 Å². The number of ether oxygens (including phenoxy) is 4. The normalized spacial score (nSPS) is 14.8. The second kappa shape index (κ2) is 18.0. The Morgan fingerprint density at radius 1 is 0.882 bits per heavy atom. The lowest BCUT2D eigenvalue weighted by atomic mass is 10.00. The number of nitrogens with one attached hydrogen (secondary N) is 1. The van der Waals surface area contributed by atoms with Crippen LogP contribution in [0.1, 0.15) is 49.3 Å². The van der Waals surface area contributed by atoms with Crippen molar-refractivity contribution < 1.29 is 23.7 Å². The summed E-state index contributed by atoms with van der Waals surface area (Å²) in [4.78, 5) is 18.6. The van der Waals surface area contributed by atoms with Gasteiger partial charge in [-0.3, -0.25) is 9.69 Å². The van der Waals surface area contributed by atoms with Crippen molar-refractivity contribution in [3.05, 3.63) is 113 Å². The lowest BCUT2D eigenvalue weighted by Gasteiger charge is -2.31. The van der Waals surface area contributed by atoms with Crippen LogP contribution in [0.4, 0.5) is 11.4 Å². The smallest absolute Gasteiger partial charge is 0.251 e. The highest BCUT2D eigenvalue weighted by molar-refractivity contribution is 6.07. The van der Waals surface area contributed by atoms with E-state index in [0.29, 0.717) is 38.8 Å². The number of carbonyl (C=O) groups is 1. The SMILES string of the molecule is CCCOCCOc1ccc(-c2ccc3c(c2)C=C(C(=O)Nc2ccc(CN(C)C4CCOCC4)cc2)CCN3Cc2cccc(OC)c2)cc1. The van der Waals surface area contributed by atoms with Crippen LogP contribution in [0.15, 0.2) is 96.6 Å². The molecule has 2 aliphatic rings. The third-order valence-corrected chi connectivity index (χ3v) is 9.64. The zero-order chi connectivity index (χ0) is 35.4. The summed E-state index contributed by atoms with van der Waals surface area (Å²) in [5.74, 6) is 1.57. The third kappa shape index (κ3) is 10.0. The summed E-state index contributed by atoms with van der Waals surface area (Å²) in [6.45, 7) is 7.88. The highest BCUT2D eigenvalue weighted by Gasteiger charge is 2.22. The molecule has 2 heterocycles. The second-order valence-corrected chi connectivity index (χ2v) is 13.4. The molecule has 1 fully saturated rings. The van der Waals surface area contributed by atoms with Gasteiger partial charge in [-0.25, -0.2) is 0 Å². The van der Waals surface area contributed by atoms with Gasteiger partial charge in [0.05, 0.1) is 13.7 Å². The highest BCUT2D eigenvalue weighted by atomic mass is 16.5. The maximum absolute atomic E-state index is 13.8. The maximum atomic E-state index is 13.8. The van der Waals surface area contributed by atoms with E-state index in [1.165, 1.54) is 5.56 Å². The van der Waals surface area contributed by atoms with Gasteiger partial charge in [-0.1, -0.05) is 49.4 Å². The van der Waals surface area contributed by atoms with Crippen LogP contribution >= 0.6 is 0 Å². The van der Waals surface area contributed by atoms with E-state index in [0.717, 1.165) is 96.3 Å². The fourth-order valence-electron chi connectivity index (χ4n) is 6.76. The van der Waals surface area contributed by atoms with Crippen LogP contribution < -0.4 is 19.7 Å². The zero-order valence-corrected chi connectivity index (χ0v) is 30.2. The average Bonchev–Trinajstić information content (AvgIpc) is 3.35. The molecule has 51 heavy (non-hydrogen) atoms. The van der Waals surface area contributed by atoms with Gasteiger partial charge < -0.3 is 29.2 Å². The van der Waals surface area contributed by atoms with Crippen LogP contribution in [0.25, 0.3) is 17.2 Å². The van der Waals surface area contributed by atoms with Crippen molar-refractivity contribution in [2.75, 3.05) is 64.0 Å². The highest BCUT2D eigenvalue weighted by Crippen LogP contribution is 2.34. The molecule has 0 aromatic heterocycles. The van der Waals surface area contributed by atoms with Crippen molar-refractivity contribution >= 4 is 23.4 Å². The van der Waals surface area contributed by atoms with Gasteiger partial charge >= 0.3 is 0 Å². The van der Waals surface area contributed by atoms with Gasteiger partial charge in [0.25, 0.3) is 5.91 Å². The van der Waals surface area contributed by atoms with Crippen molar-refractivity contribution in [2.24, 2.45) is 0 Å². The standard InChI is InChI=1S/C43H51N3O5/c1-4-22-49-25-26-51-40-15-10-34(11-16-40)35-12-17-42-37(28-35)29-36(18-21-46(42)31-33-6-5-7-41(27-33)48-3)43(47)44-38-13-8-32(9-14-38)30-45(2)39-19-23-50-24-20-39/h5-17,27-29,39H,4,18-26,30-31H2,1-3H3,(H,44,47). The summed E-state index contributed by atoms with van der Waals surface area (Å²) in [5.41, 5.74) is 8.18. The molecular formula is C43H51N3O5. The number of nitrogens with zero attached hydrogens (tertiary/aromatic N) is 2. The zero-order valence-electron chi connectivity index (χ0n) is 30.2. The van der Waals surface area contributed by atoms with Crippen molar-refractivity contribution in [3.8, 4) is 22.6 Å². The first-order chi connectivity index (χ1) is 25.0. The van der Waals surface area contributed by atoms with E-state index >= 15 is 0 Å². The molecule has 0 radical (unpaired) electrons. The van der Waals surface area contributed by atoms with Crippen molar-refractivity contribution in [2.45, 2.75) is 51.7 Å². The molecule has 8 nitrogen and oxygen atoms in total. The Bertz CT molecular complexity index is 1750. The van der Waals surface area contributed by atoms with Crippen LogP contribution in [-0.2, 0) is 27.4 Å². The molecule has 0 spiro atoms. The van der Waals surface area contributed by atoms with Crippen LogP contribution in [0, 0.1) is 0 Å². The minimum atomic E-state index is -0.0777. The van der Waals surface area contributed by atoms with E-state index in [9.17, 15) is 4.79 Å². The summed E-state index contributed by atoms with van der Waals surface area (Å²) < 4.78 is 22.5. The molecule has 1 saturated heterocycles. The molecule has 0 bridgehead atoms. The number of rotatable bonds is 15. The second-order valence-electron chi connectivity index (χ2n) is 13.4. The lowest BCUT2D eigenvalue weighted by molar-refractivity contribution is -0.112. The Hall–Kier alpha value is -4.63. The van der Waals surface area contributed by atoms with Gasteiger partial charge in [-0.2, -0.15) is 0 Å². The first-order valence-corrected chi connectivity index (χ1v) is 18.2. The molecule has 6 rings (SSSR count). The molecule has 2 aliphatic heterocycles. The number of anilines is 2. The number of fused-ring (bicyclic) bond motifs is 1. The van der Waals surface area contributed by atoms with Gasteiger partial charge in [-0.15, -0.1) is 0 Å². The predicted molar refractivity (Wildman–Crippen MR) is 206 cm³/mol. The number of amides is 1. The fraction of sp³-hybridized carbons (Fsp3) is 0.372. The topological polar surface area (TPSA) is 72.5 Å². The first-order valence-electron chi connectivity index (χ1n) is 18.2. The maximum Gasteiger partial charge on any atom is 0.251 e. The van der Waals surface area contributed by atoms with E-state index in [1.807, 2.05) is 36.4 Å². The molecule has 8 heteroatoms. The minimum absolute atomic E-state index is 0.0777. The fourth-order valence-corrected chi connectivity index (χ4v) is 6.76. The molecule has 0 atom stereocenters. The van der Waals surface area contributed by atoms with Crippen LogP contribution in [0.2, 0.25) is 0 Å². The molecule has 0 saturated carbocycles. The monoisotopic (exact) mass is 689 g/mol. The van der Waals surface area contributed by atoms with Gasteiger partial charge in [-0.05, 0) is 115 Å². The van der Waals surface area contributed by atoms with Gasteiger partial charge in [0, 0.05) is 62.4 Å². The van der Waals surface area contributed by atoms with E-state index in [1.54, 1.807) is 7.11 Å². The minimum Gasteiger partial charge on any atom is -0.497 e. The largest absolute Gasteiger partial charge is 0.497 e. The molecule has 4 aromatic rings. The Morgan fingerprint density at radius 2 is 1.67 bits per heavy atom. The van der Waals surface area contributed by atoms with E-state index in [2.05, 4.69) is 89.8 Å². The first kappa shape index (κ1) is 36.2. The molecule has 4 aromatic carbocycles. The van der Waals surface area contributed by atoms with E-state index < -0.39 is 0 Å². The predicted octanol–water partition coefficient (Wildman–Crippen LogP) is 8.21. The Morgan fingerprint density at radius 3 is 2.43 bits per heavy atom. The Labute approximate surface area is 303 Å². The van der Waals surface area contributed by atoms with Crippen molar-refractivity contribution in [1.29, 1.82) is 0 Å². The van der Waals surface area contributed by atoms with Gasteiger partial charge in [0.15, 0.2) is 0 Å². The summed E-state index contributed by atoms with van der Waals surface area (Å²) in [6, 6.07) is 31.6. The summed E-state index contributed by atoms with van der Waals surface area (Å²) in [7, 11) is 3.87. The molecule has 0 unspecified atom stereocenters. The average molecular weight is 690 g/mol. The Balaban J connectivity index is 1.19. The molecule has 1 N–H and O–H groups in total. The molecule has 0 aliphatic carbocycles. The molecular weight excluding hydrogens is 638 g/mol. The van der Waals surface area contributed by atoms with Crippen molar-refractivity contribution in [3.63, 3.8) is 0 Å². The molecule has 268 valence electrons. The number of benzene rings is 4. The quantitative estimate of drug-likeness (QED) is 0.126. The number of hydrogen-bond donors (Lipinski definition) is 1. The van der Waals surface area contributed by atoms with Gasteiger partial charge in [0.2, 0.25) is 0 Å². The van der Waals surface area contributed by atoms with Crippen LogP contribution in [0.5, 0.6) is 11.5 Å². The summed E-state index contributed by atoms with van der Waals surface area (Å²) in [6.07, 6.45) is 5.81. The molecule has 1 amide bonds. The van der Waals surface area contributed by atoms with E-state index in [-0.39, 0.29) is 5.91 Å². The Kier molecular flexibility index (Phi) is 12.8. The van der Waals surface area contributed by atoms with E-state index in [4.69, 9.17) is 18.9 Å².